The van der Waals surface area contributed by atoms with Crippen LogP contribution in [0.3, 0.4) is 0 Å². The van der Waals surface area contributed by atoms with E-state index in [1.807, 2.05) is 4.90 Å². The third-order valence-electron chi connectivity index (χ3n) is 4.93. The highest BCUT2D eigenvalue weighted by molar-refractivity contribution is 5.82. The molecule has 0 aromatic heterocycles. The first kappa shape index (κ1) is 12.4. The molecule has 3 rings (SSSR count). The van der Waals surface area contributed by atoms with Gasteiger partial charge >= 0.3 is 0 Å². The van der Waals surface area contributed by atoms with Crippen molar-refractivity contribution in [1.29, 1.82) is 0 Å². The number of amides is 1. The van der Waals surface area contributed by atoms with Gasteiger partial charge < -0.3 is 14.4 Å². The standard InChI is InChI=1S/C14H23NO3/c1-10-7-12(10)13(16)15-8-14(9-15)11(3-5-17-2)4-6-18-14/h10-12H,3-9H2,1-2H3/t10-,11-,12-/m1/s1. The molecule has 1 aliphatic carbocycles. The van der Waals surface area contributed by atoms with Gasteiger partial charge in [-0.15, -0.1) is 0 Å². The molecule has 2 saturated heterocycles. The molecule has 102 valence electrons. The van der Waals surface area contributed by atoms with E-state index < -0.39 is 0 Å². The van der Waals surface area contributed by atoms with E-state index in [-0.39, 0.29) is 5.60 Å². The minimum Gasteiger partial charge on any atom is -0.385 e. The molecule has 3 fully saturated rings. The molecule has 0 bridgehead atoms. The van der Waals surface area contributed by atoms with E-state index in [1.165, 1.54) is 0 Å². The molecular weight excluding hydrogens is 230 g/mol. The third-order valence-corrected chi connectivity index (χ3v) is 4.93. The van der Waals surface area contributed by atoms with Crippen LogP contribution in [0.15, 0.2) is 0 Å². The van der Waals surface area contributed by atoms with E-state index in [2.05, 4.69) is 6.92 Å². The van der Waals surface area contributed by atoms with Crippen LogP contribution in [0.1, 0.15) is 26.2 Å². The maximum atomic E-state index is 12.1. The first-order chi connectivity index (χ1) is 8.66. The number of rotatable bonds is 4. The Hall–Kier alpha value is -0.610. The second kappa shape index (κ2) is 4.49. The van der Waals surface area contributed by atoms with Gasteiger partial charge in [-0.2, -0.15) is 0 Å². The number of hydrogen-bond acceptors (Lipinski definition) is 3. The van der Waals surface area contributed by atoms with E-state index in [9.17, 15) is 4.79 Å². The predicted molar refractivity (Wildman–Crippen MR) is 67.1 cm³/mol. The Labute approximate surface area is 109 Å². The van der Waals surface area contributed by atoms with E-state index in [1.54, 1.807) is 7.11 Å². The largest absolute Gasteiger partial charge is 0.385 e. The predicted octanol–water partition coefficient (Wildman–Crippen LogP) is 1.30. The monoisotopic (exact) mass is 253 g/mol. The summed E-state index contributed by atoms with van der Waals surface area (Å²) in [6.45, 7) is 5.41. The Morgan fingerprint density at radius 1 is 1.50 bits per heavy atom. The summed E-state index contributed by atoms with van der Waals surface area (Å²) in [6.07, 6.45) is 3.25. The van der Waals surface area contributed by atoms with Gasteiger partial charge in [-0.3, -0.25) is 4.79 Å². The minimum absolute atomic E-state index is 0.0354. The summed E-state index contributed by atoms with van der Waals surface area (Å²) in [5.41, 5.74) is -0.0354. The van der Waals surface area contributed by atoms with Crippen LogP contribution in [0.5, 0.6) is 0 Å². The highest BCUT2D eigenvalue weighted by Crippen LogP contribution is 2.45. The molecule has 1 amide bonds. The van der Waals surface area contributed by atoms with Gasteiger partial charge in [0.15, 0.2) is 0 Å². The lowest BCUT2D eigenvalue weighted by molar-refractivity contribution is -0.167. The minimum atomic E-state index is -0.0354. The zero-order valence-electron chi connectivity index (χ0n) is 11.4. The van der Waals surface area contributed by atoms with Crippen molar-refractivity contribution in [2.75, 3.05) is 33.4 Å². The van der Waals surface area contributed by atoms with Crippen LogP contribution in [0, 0.1) is 17.8 Å². The van der Waals surface area contributed by atoms with E-state index in [0.29, 0.717) is 23.7 Å². The first-order valence-corrected chi connectivity index (χ1v) is 7.08. The lowest BCUT2D eigenvalue weighted by Crippen LogP contribution is -2.66. The molecule has 0 aromatic rings. The Morgan fingerprint density at radius 2 is 2.22 bits per heavy atom. The molecular formula is C14H23NO3. The molecule has 4 nitrogen and oxygen atoms in total. The van der Waals surface area contributed by atoms with Crippen molar-refractivity contribution in [3.63, 3.8) is 0 Å². The van der Waals surface area contributed by atoms with Gasteiger partial charge in [0.1, 0.15) is 5.60 Å². The van der Waals surface area contributed by atoms with Crippen molar-refractivity contribution < 1.29 is 14.3 Å². The molecule has 0 radical (unpaired) electrons. The maximum absolute atomic E-state index is 12.1. The summed E-state index contributed by atoms with van der Waals surface area (Å²) in [5, 5.41) is 0. The summed E-state index contributed by atoms with van der Waals surface area (Å²) in [7, 11) is 1.74. The number of ether oxygens (including phenoxy) is 2. The summed E-state index contributed by atoms with van der Waals surface area (Å²) >= 11 is 0. The second-order valence-electron chi connectivity index (χ2n) is 6.19. The maximum Gasteiger partial charge on any atom is 0.226 e. The Bertz CT molecular complexity index is 338. The molecule has 0 N–H and O–H groups in total. The van der Waals surface area contributed by atoms with Crippen LogP contribution in [0.2, 0.25) is 0 Å². The summed E-state index contributed by atoms with van der Waals surface area (Å²) in [4.78, 5) is 14.1. The topological polar surface area (TPSA) is 38.8 Å². The number of hydrogen-bond donors (Lipinski definition) is 0. The van der Waals surface area contributed by atoms with Crippen molar-refractivity contribution in [3.05, 3.63) is 0 Å². The molecule has 0 unspecified atom stereocenters. The molecule has 1 saturated carbocycles. The van der Waals surface area contributed by atoms with Gasteiger partial charge in [0.05, 0.1) is 13.1 Å². The highest BCUT2D eigenvalue weighted by Gasteiger charge is 2.56. The molecule has 3 aliphatic rings. The first-order valence-electron chi connectivity index (χ1n) is 7.08. The van der Waals surface area contributed by atoms with Crippen LogP contribution in [-0.4, -0.2) is 49.8 Å². The fourth-order valence-corrected chi connectivity index (χ4v) is 3.46. The van der Waals surface area contributed by atoms with Crippen molar-refractivity contribution in [1.82, 2.24) is 4.90 Å². The van der Waals surface area contributed by atoms with Crippen molar-refractivity contribution >= 4 is 5.91 Å². The van der Waals surface area contributed by atoms with Gasteiger partial charge in [0, 0.05) is 26.2 Å². The number of carbonyl (C=O) groups excluding carboxylic acids is 1. The highest BCUT2D eigenvalue weighted by atomic mass is 16.5. The van der Waals surface area contributed by atoms with Crippen LogP contribution in [-0.2, 0) is 14.3 Å². The average Bonchev–Trinajstić information content (AvgIpc) is 2.89. The van der Waals surface area contributed by atoms with Gasteiger partial charge in [0.25, 0.3) is 0 Å². The molecule has 18 heavy (non-hydrogen) atoms. The molecule has 4 heteroatoms. The summed E-state index contributed by atoms with van der Waals surface area (Å²) < 4.78 is 11.1. The normalized spacial score (nSPS) is 36.8. The number of nitrogens with zero attached hydrogens (tertiary/aromatic N) is 1. The van der Waals surface area contributed by atoms with Crippen LogP contribution in [0.25, 0.3) is 0 Å². The van der Waals surface area contributed by atoms with Crippen molar-refractivity contribution in [2.45, 2.75) is 31.8 Å². The Balaban J connectivity index is 1.54. The number of carbonyl (C=O) groups is 1. The van der Waals surface area contributed by atoms with Crippen molar-refractivity contribution in [3.8, 4) is 0 Å². The second-order valence-corrected chi connectivity index (χ2v) is 6.19. The van der Waals surface area contributed by atoms with Crippen molar-refractivity contribution in [2.24, 2.45) is 17.8 Å². The molecule has 0 aromatic carbocycles. The fraction of sp³-hybridized carbons (Fsp3) is 0.929. The van der Waals surface area contributed by atoms with Crippen LogP contribution in [0.4, 0.5) is 0 Å². The zero-order valence-corrected chi connectivity index (χ0v) is 11.4. The molecule has 2 heterocycles. The zero-order chi connectivity index (χ0) is 12.8. The SMILES string of the molecule is COCC[C@@H]1CCOC12CN(C(=O)[C@@H]1C[C@H]1C)C2. The molecule has 1 spiro atoms. The number of likely N-dealkylation sites (tertiary alicyclic amines) is 1. The van der Waals surface area contributed by atoms with Gasteiger partial charge in [-0.25, -0.2) is 0 Å². The summed E-state index contributed by atoms with van der Waals surface area (Å²) in [6, 6.07) is 0. The Morgan fingerprint density at radius 3 is 2.83 bits per heavy atom. The van der Waals surface area contributed by atoms with E-state index in [0.717, 1.165) is 45.6 Å². The van der Waals surface area contributed by atoms with Gasteiger partial charge in [0.2, 0.25) is 5.91 Å². The quantitative estimate of drug-likeness (QED) is 0.758. The van der Waals surface area contributed by atoms with Crippen LogP contribution < -0.4 is 0 Å². The number of methoxy groups -OCH3 is 1. The van der Waals surface area contributed by atoms with Gasteiger partial charge in [-0.05, 0) is 31.1 Å². The average molecular weight is 253 g/mol. The molecule has 2 aliphatic heterocycles. The fourth-order valence-electron chi connectivity index (χ4n) is 3.46. The van der Waals surface area contributed by atoms with E-state index >= 15 is 0 Å². The van der Waals surface area contributed by atoms with E-state index in [4.69, 9.17) is 9.47 Å². The third kappa shape index (κ3) is 1.95. The lowest BCUT2D eigenvalue weighted by Gasteiger charge is -2.50. The smallest absolute Gasteiger partial charge is 0.226 e. The summed E-state index contributed by atoms with van der Waals surface area (Å²) in [5.74, 6) is 1.83. The lowest BCUT2D eigenvalue weighted by atomic mass is 9.79. The van der Waals surface area contributed by atoms with Crippen LogP contribution >= 0.6 is 0 Å². The Kier molecular flexibility index (Phi) is 3.10. The molecule has 3 atom stereocenters. The van der Waals surface area contributed by atoms with Gasteiger partial charge in [-0.1, -0.05) is 6.92 Å².